The van der Waals surface area contributed by atoms with E-state index >= 15 is 0 Å². The smallest absolute Gasteiger partial charge is 0.213 e. The van der Waals surface area contributed by atoms with E-state index in [4.69, 9.17) is 0 Å². The van der Waals surface area contributed by atoms with Gasteiger partial charge in [-0.3, -0.25) is 0 Å². The number of hydrogen-bond donors (Lipinski definition) is 0. The van der Waals surface area contributed by atoms with Gasteiger partial charge in [-0.2, -0.15) is 0 Å². The molecule has 0 aromatic heterocycles. The highest BCUT2D eigenvalue weighted by molar-refractivity contribution is 8.13. The van der Waals surface area contributed by atoms with Crippen molar-refractivity contribution in [3.63, 3.8) is 0 Å². The molecule has 0 aliphatic heterocycles. The second kappa shape index (κ2) is 2.78. The highest BCUT2D eigenvalue weighted by Crippen LogP contribution is 1.83. The summed E-state index contributed by atoms with van der Waals surface area (Å²) in [5.41, 5.74) is 0. The van der Waals surface area contributed by atoms with Gasteiger partial charge in [0.05, 0.1) is 6.26 Å². The Hall–Kier alpha value is 0.670. The van der Waals surface area contributed by atoms with Crippen molar-refractivity contribution >= 4 is 29.6 Å². The largest absolute Gasteiger partial charge is 0.229 e. The third-order valence-corrected chi connectivity index (χ3v) is 0. The van der Waals surface area contributed by atoms with Gasteiger partial charge in [-0.15, -0.1) is 0 Å². The van der Waals surface area contributed by atoms with E-state index in [1.54, 1.807) is 0 Å². The van der Waals surface area contributed by atoms with Crippen LogP contribution in [0.2, 0.25) is 0 Å². The maximum Gasteiger partial charge on any atom is 0.229 e. The first-order valence-electron chi connectivity index (χ1n) is 0.896. The van der Waals surface area contributed by atoms with E-state index in [2.05, 4.69) is 10.7 Å². The molecule has 0 N–H and O–H groups in total. The molecule has 0 spiro atoms. The van der Waals surface area contributed by atoms with Crippen LogP contribution in [0.5, 0.6) is 0 Å². The Kier molecular flexibility index (Phi) is 4.55. The van der Waals surface area contributed by atoms with Crippen molar-refractivity contribution < 1.29 is 8.42 Å². The number of hydrogen-bond acceptors (Lipinski definition) is 2. The second-order valence-electron chi connectivity index (χ2n) is 0.682. The monoisotopic (exact) mass is 145 g/mol. The first-order valence-corrected chi connectivity index (χ1v) is 3.61. The zero-order valence-electron chi connectivity index (χ0n) is 3.05. The Morgan fingerprint density at radius 2 is 1.50 bits per heavy atom. The van der Waals surface area contributed by atoms with Crippen molar-refractivity contribution in [2.45, 2.75) is 0 Å². The fraction of sp³-hybridized carbons (Fsp3) is 1.00. The molecule has 5 heteroatoms. The molecule has 2 nitrogen and oxygen atoms in total. The first-order chi connectivity index (χ1) is 2.00. The average Bonchev–Trinajstić information content (AvgIpc) is 0.722. The number of rotatable bonds is 0. The van der Waals surface area contributed by atoms with Crippen LogP contribution in [0.4, 0.5) is 0 Å². The summed E-state index contributed by atoms with van der Waals surface area (Å²) >= 11 is 0. The van der Waals surface area contributed by atoms with Gasteiger partial charge in [0.15, 0.2) is 0 Å². The summed E-state index contributed by atoms with van der Waals surface area (Å²) in [5.74, 6) is 0. The predicted octanol–water partition coefficient (Wildman–Crippen LogP) is 1.05. The Labute approximate surface area is 44.9 Å². The fourth-order valence-corrected chi connectivity index (χ4v) is 0. The molecule has 0 aromatic carbocycles. The average molecular weight is 146 g/mol. The molecule has 0 amide bonds. The van der Waals surface area contributed by atoms with Crippen LogP contribution in [0.25, 0.3) is 0 Å². The van der Waals surface area contributed by atoms with Gasteiger partial charge in [0.1, 0.15) is 0 Å². The molecule has 0 aliphatic rings. The molecular weight excluding hydrogens is 143 g/mol. The fourth-order valence-electron chi connectivity index (χ4n) is 0. The lowest BCUT2D eigenvalue weighted by Gasteiger charge is -1.65. The zero-order valence-corrected chi connectivity index (χ0v) is 5.52. The molecule has 3 radical (unpaired) electrons. The zero-order chi connectivity index (χ0) is 4.50. The van der Waals surface area contributed by atoms with E-state index in [0.29, 0.717) is 0 Å². The second-order valence-corrected chi connectivity index (χ2v) is 3.73. The van der Waals surface area contributed by atoms with Crippen LogP contribution >= 0.6 is 20.6 Å². The van der Waals surface area contributed by atoms with E-state index in [0.717, 1.165) is 6.26 Å². The third kappa shape index (κ3) is 140. The van der Waals surface area contributed by atoms with Crippen molar-refractivity contribution in [1.29, 1.82) is 0 Å². The third-order valence-electron chi connectivity index (χ3n) is 0. The van der Waals surface area contributed by atoms with E-state index in [1.807, 2.05) is 0 Å². The highest BCUT2D eigenvalue weighted by atomic mass is 35.7. The minimum absolute atomic E-state index is 0. The van der Waals surface area contributed by atoms with Gasteiger partial charge in [-0.1, -0.05) is 0 Å². The molecule has 0 rings (SSSR count). The molecular formula is CH3ClO2PS. The summed E-state index contributed by atoms with van der Waals surface area (Å²) in [4.78, 5) is 0. The normalized spacial score (nSPS) is 9.67. The molecule has 6 heavy (non-hydrogen) atoms. The van der Waals surface area contributed by atoms with Crippen LogP contribution in [0.1, 0.15) is 0 Å². The van der Waals surface area contributed by atoms with E-state index < -0.39 is 9.05 Å². The Morgan fingerprint density at radius 3 is 1.50 bits per heavy atom. The molecule has 0 unspecified atom stereocenters. The molecule has 0 bridgehead atoms. The van der Waals surface area contributed by atoms with Crippen molar-refractivity contribution in [2.75, 3.05) is 6.26 Å². The standard InChI is InChI=1S/CH3ClO2S.P/c1-5(2,3)4;/h1H3;. The first kappa shape index (κ1) is 9.83. The van der Waals surface area contributed by atoms with E-state index in [9.17, 15) is 8.42 Å². The molecule has 0 aliphatic carbocycles. The minimum Gasteiger partial charge on any atom is -0.213 e. The van der Waals surface area contributed by atoms with Gasteiger partial charge in [0, 0.05) is 20.6 Å². The molecule has 0 aromatic rings. The lowest BCUT2D eigenvalue weighted by Crippen LogP contribution is -1.76. The van der Waals surface area contributed by atoms with Crippen molar-refractivity contribution in [1.82, 2.24) is 0 Å². The van der Waals surface area contributed by atoms with Gasteiger partial charge >= 0.3 is 0 Å². The van der Waals surface area contributed by atoms with Crippen LogP contribution in [-0.2, 0) is 9.05 Å². The number of halogens is 1. The molecule has 0 heterocycles. The van der Waals surface area contributed by atoms with E-state index in [-0.39, 0.29) is 9.90 Å². The molecule has 0 saturated carbocycles. The Morgan fingerprint density at radius 1 is 1.50 bits per heavy atom. The van der Waals surface area contributed by atoms with E-state index in [1.165, 1.54) is 0 Å². The summed E-state index contributed by atoms with van der Waals surface area (Å²) < 4.78 is 18.8. The topological polar surface area (TPSA) is 34.1 Å². The van der Waals surface area contributed by atoms with Crippen LogP contribution < -0.4 is 0 Å². The van der Waals surface area contributed by atoms with Crippen LogP contribution in [0, 0.1) is 0 Å². The Bertz CT molecular complexity index is 96.7. The molecule has 0 fully saturated rings. The van der Waals surface area contributed by atoms with Crippen LogP contribution in [-0.4, -0.2) is 14.7 Å². The van der Waals surface area contributed by atoms with Crippen LogP contribution in [0.3, 0.4) is 0 Å². The summed E-state index contributed by atoms with van der Waals surface area (Å²) in [5, 5.41) is 0. The molecule has 0 atom stereocenters. The van der Waals surface area contributed by atoms with Gasteiger partial charge in [-0.25, -0.2) is 8.42 Å². The summed E-state index contributed by atoms with van der Waals surface area (Å²) in [7, 11) is 1.31. The van der Waals surface area contributed by atoms with Gasteiger partial charge in [0.2, 0.25) is 9.05 Å². The highest BCUT2D eigenvalue weighted by Gasteiger charge is 1.83. The molecule has 0 saturated heterocycles. The quantitative estimate of drug-likeness (QED) is 0.377. The SMILES string of the molecule is CS(=O)(=O)Cl.[P]. The van der Waals surface area contributed by atoms with Gasteiger partial charge in [-0.05, 0) is 0 Å². The lowest BCUT2D eigenvalue weighted by molar-refractivity contribution is 0.615. The lowest BCUT2D eigenvalue weighted by atomic mass is 12.0. The van der Waals surface area contributed by atoms with Gasteiger partial charge < -0.3 is 0 Å². The van der Waals surface area contributed by atoms with Crippen molar-refractivity contribution in [2.24, 2.45) is 0 Å². The summed E-state index contributed by atoms with van der Waals surface area (Å²) in [6, 6.07) is 0. The summed E-state index contributed by atoms with van der Waals surface area (Å²) in [6.07, 6.45) is 0.925. The van der Waals surface area contributed by atoms with Crippen molar-refractivity contribution in [3.05, 3.63) is 0 Å². The Balaban J connectivity index is 0. The summed E-state index contributed by atoms with van der Waals surface area (Å²) in [6.45, 7) is 0. The maximum atomic E-state index is 9.40. The minimum atomic E-state index is -3.19. The predicted molar refractivity (Wildman–Crippen MR) is 27.6 cm³/mol. The maximum absolute atomic E-state index is 9.40. The molecule has 37 valence electrons. The van der Waals surface area contributed by atoms with Crippen molar-refractivity contribution in [3.8, 4) is 0 Å². The van der Waals surface area contributed by atoms with Crippen LogP contribution in [0.15, 0.2) is 0 Å². The van der Waals surface area contributed by atoms with Gasteiger partial charge in [0.25, 0.3) is 0 Å².